The molecule has 1 aromatic heterocycles. The first kappa shape index (κ1) is 19.3. The van der Waals surface area contributed by atoms with Crippen molar-refractivity contribution in [1.29, 1.82) is 0 Å². The highest BCUT2D eigenvalue weighted by atomic mass is 16.5. The normalized spacial score (nSPS) is 10.4. The summed E-state index contributed by atoms with van der Waals surface area (Å²) in [6, 6.07) is 14.5. The maximum Gasteiger partial charge on any atom is 0.256 e. The number of carbonyl (C=O) groups excluding carboxylic acids is 1. The van der Waals surface area contributed by atoms with E-state index in [1.807, 2.05) is 24.3 Å². The predicted molar refractivity (Wildman–Crippen MR) is 106 cm³/mol. The van der Waals surface area contributed by atoms with E-state index >= 15 is 0 Å². The summed E-state index contributed by atoms with van der Waals surface area (Å²) in [5, 5.41) is 9.94. The van der Waals surface area contributed by atoms with Gasteiger partial charge in [0, 0.05) is 17.7 Å². The van der Waals surface area contributed by atoms with Crippen molar-refractivity contribution in [3.8, 4) is 17.2 Å². The Labute approximate surface area is 163 Å². The second-order valence-corrected chi connectivity index (χ2v) is 6.18. The van der Waals surface area contributed by atoms with Gasteiger partial charge in [-0.05, 0) is 54.8 Å². The van der Waals surface area contributed by atoms with Crippen LogP contribution in [0, 0.1) is 0 Å². The molecule has 2 aromatic carbocycles. The lowest BCUT2D eigenvalue weighted by Gasteiger charge is -2.07. The van der Waals surface area contributed by atoms with Crippen LogP contribution in [-0.2, 0) is 12.8 Å². The molecule has 0 atom stereocenters. The van der Waals surface area contributed by atoms with Crippen molar-refractivity contribution in [1.82, 2.24) is 10.2 Å². The van der Waals surface area contributed by atoms with Crippen LogP contribution in [-0.4, -0.2) is 37.4 Å². The van der Waals surface area contributed by atoms with Crippen LogP contribution in [0.15, 0.2) is 48.5 Å². The molecule has 28 heavy (non-hydrogen) atoms. The number of methoxy groups -OCH3 is 3. The number of nitrogens with one attached hydrogen (secondary N) is 2. The first-order chi connectivity index (χ1) is 13.6. The van der Waals surface area contributed by atoms with Crippen LogP contribution in [0.3, 0.4) is 0 Å². The zero-order chi connectivity index (χ0) is 19.9. The maximum absolute atomic E-state index is 12.3. The van der Waals surface area contributed by atoms with Crippen LogP contribution in [0.1, 0.15) is 21.6 Å². The highest BCUT2D eigenvalue weighted by Gasteiger charge is 2.09. The predicted octanol–water partition coefficient (Wildman–Crippen LogP) is 3.47. The number of amides is 1. The molecule has 0 unspecified atom stereocenters. The third-order valence-electron chi connectivity index (χ3n) is 4.31. The van der Waals surface area contributed by atoms with Crippen molar-refractivity contribution in [3.63, 3.8) is 0 Å². The number of hydrogen-bond donors (Lipinski definition) is 2. The summed E-state index contributed by atoms with van der Waals surface area (Å²) in [4.78, 5) is 12.3. The lowest BCUT2D eigenvalue weighted by molar-refractivity contribution is 0.102. The molecule has 0 aliphatic rings. The van der Waals surface area contributed by atoms with Crippen LogP contribution in [0.2, 0.25) is 0 Å². The van der Waals surface area contributed by atoms with Gasteiger partial charge in [-0.15, -0.1) is 0 Å². The molecule has 146 valence electrons. The van der Waals surface area contributed by atoms with Crippen molar-refractivity contribution in [2.24, 2.45) is 0 Å². The molecule has 3 rings (SSSR count). The molecule has 1 amide bonds. The highest BCUT2D eigenvalue weighted by Crippen LogP contribution is 2.23. The Bertz CT molecular complexity index is 913. The number of aryl methyl sites for hydroxylation is 2. The Kier molecular flexibility index (Phi) is 6.16. The van der Waals surface area contributed by atoms with Gasteiger partial charge in [0.05, 0.1) is 27.0 Å². The molecule has 0 saturated carbocycles. The average Bonchev–Trinajstić information content (AvgIpc) is 3.19. The zero-order valence-electron chi connectivity index (χ0n) is 16.1. The summed E-state index contributed by atoms with van der Waals surface area (Å²) in [5.74, 6) is 2.55. The van der Waals surface area contributed by atoms with Crippen LogP contribution >= 0.6 is 0 Å². The smallest absolute Gasteiger partial charge is 0.256 e. The number of hydrogen-bond acceptors (Lipinski definition) is 5. The van der Waals surface area contributed by atoms with Crippen LogP contribution in [0.5, 0.6) is 17.2 Å². The standard InChI is InChI=1S/C21H23N3O4/c1-26-17-8-5-15(6-9-17)21(25)22-20-12-16(23-24-20)7-4-14-10-18(27-2)13-19(11-14)28-3/h5-6,8-13H,4,7H2,1-3H3,(H2,22,23,24,25). The number of benzene rings is 2. The quantitative estimate of drug-likeness (QED) is 0.624. The van der Waals surface area contributed by atoms with Crippen molar-refractivity contribution in [2.45, 2.75) is 12.8 Å². The summed E-state index contributed by atoms with van der Waals surface area (Å²) in [6.07, 6.45) is 1.48. The van der Waals surface area contributed by atoms with E-state index in [2.05, 4.69) is 15.5 Å². The highest BCUT2D eigenvalue weighted by molar-refractivity contribution is 6.03. The first-order valence-electron chi connectivity index (χ1n) is 8.83. The number of anilines is 1. The van der Waals surface area contributed by atoms with Crippen LogP contribution < -0.4 is 19.5 Å². The fraction of sp³-hybridized carbons (Fsp3) is 0.238. The average molecular weight is 381 g/mol. The maximum atomic E-state index is 12.3. The SMILES string of the molecule is COc1ccc(C(=O)Nc2cc(CCc3cc(OC)cc(OC)c3)n[nH]2)cc1. The van der Waals surface area contributed by atoms with Gasteiger partial charge in [-0.25, -0.2) is 0 Å². The Morgan fingerprint density at radius 3 is 2.14 bits per heavy atom. The second-order valence-electron chi connectivity index (χ2n) is 6.18. The van der Waals surface area contributed by atoms with Crippen molar-refractivity contribution >= 4 is 11.7 Å². The number of aromatic amines is 1. The molecule has 0 aliphatic carbocycles. The number of nitrogens with zero attached hydrogens (tertiary/aromatic N) is 1. The Balaban J connectivity index is 1.60. The van der Waals surface area contributed by atoms with Gasteiger partial charge < -0.3 is 19.5 Å². The lowest BCUT2D eigenvalue weighted by Crippen LogP contribution is -2.11. The topological polar surface area (TPSA) is 85.5 Å². The lowest BCUT2D eigenvalue weighted by atomic mass is 10.1. The van der Waals surface area contributed by atoms with E-state index in [0.29, 0.717) is 23.6 Å². The number of aromatic nitrogens is 2. The number of rotatable bonds is 8. The van der Waals surface area contributed by atoms with E-state index in [-0.39, 0.29) is 5.91 Å². The fourth-order valence-electron chi connectivity index (χ4n) is 2.78. The van der Waals surface area contributed by atoms with E-state index in [4.69, 9.17) is 14.2 Å². The molecule has 3 aromatic rings. The molecule has 0 fully saturated rings. The van der Waals surface area contributed by atoms with E-state index in [0.717, 1.165) is 29.2 Å². The van der Waals surface area contributed by atoms with Gasteiger partial charge in [-0.2, -0.15) is 5.10 Å². The third-order valence-corrected chi connectivity index (χ3v) is 4.31. The molecular weight excluding hydrogens is 358 g/mol. The molecule has 0 radical (unpaired) electrons. The summed E-state index contributed by atoms with van der Waals surface area (Å²) >= 11 is 0. The minimum Gasteiger partial charge on any atom is -0.497 e. The molecule has 1 heterocycles. The van der Waals surface area contributed by atoms with E-state index in [1.54, 1.807) is 45.6 Å². The molecular formula is C21H23N3O4. The molecule has 0 bridgehead atoms. The summed E-state index contributed by atoms with van der Waals surface area (Å²) < 4.78 is 15.7. The van der Waals surface area contributed by atoms with Gasteiger partial charge in [0.15, 0.2) is 0 Å². The Morgan fingerprint density at radius 2 is 1.54 bits per heavy atom. The minimum atomic E-state index is -0.213. The van der Waals surface area contributed by atoms with Gasteiger partial charge in [-0.3, -0.25) is 9.89 Å². The van der Waals surface area contributed by atoms with Gasteiger partial charge in [0.25, 0.3) is 5.91 Å². The summed E-state index contributed by atoms with van der Waals surface area (Å²) in [7, 11) is 4.84. The van der Waals surface area contributed by atoms with E-state index in [9.17, 15) is 4.79 Å². The van der Waals surface area contributed by atoms with Gasteiger partial charge in [0.1, 0.15) is 23.1 Å². The van der Waals surface area contributed by atoms with Crippen molar-refractivity contribution in [3.05, 3.63) is 65.4 Å². The van der Waals surface area contributed by atoms with Gasteiger partial charge >= 0.3 is 0 Å². The summed E-state index contributed by atoms with van der Waals surface area (Å²) in [6.45, 7) is 0. The molecule has 0 spiro atoms. The number of H-pyrrole nitrogens is 1. The second kappa shape index (κ2) is 8.94. The van der Waals surface area contributed by atoms with Crippen molar-refractivity contribution < 1.29 is 19.0 Å². The summed E-state index contributed by atoms with van der Waals surface area (Å²) in [5.41, 5.74) is 2.48. The van der Waals surface area contributed by atoms with Gasteiger partial charge in [-0.1, -0.05) is 0 Å². The van der Waals surface area contributed by atoms with Crippen LogP contribution in [0.25, 0.3) is 0 Å². The molecule has 0 aliphatic heterocycles. The largest absolute Gasteiger partial charge is 0.497 e. The molecule has 2 N–H and O–H groups in total. The number of carbonyl (C=O) groups is 1. The van der Waals surface area contributed by atoms with Gasteiger partial charge in [0.2, 0.25) is 0 Å². The third kappa shape index (κ3) is 4.82. The van der Waals surface area contributed by atoms with E-state index in [1.165, 1.54) is 0 Å². The first-order valence-corrected chi connectivity index (χ1v) is 8.83. The molecule has 0 saturated heterocycles. The monoisotopic (exact) mass is 381 g/mol. The number of ether oxygens (including phenoxy) is 3. The Morgan fingerprint density at radius 1 is 0.893 bits per heavy atom. The van der Waals surface area contributed by atoms with Crippen molar-refractivity contribution in [2.75, 3.05) is 26.6 Å². The molecule has 7 nitrogen and oxygen atoms in total. The van der Waals surface area contributed by atoms with E-state index < -0.39 is 0 Å². The minimum absolute atomic E-state index is 0.213. The fourth-order valence-corrected chi connectivity index (χ4v) is 2.78. The molecule has 7 heteroatoms. The zero-order valence-corrected chi connectivity index (χ0v) is 16.1. The van der Waals surface area contributed by atoms with Crippen LogP contribution in [0.4, 0.5) is 5.82 Å². The Hall–Kier alpha value is -3.48.